The minimum Gasteiger partial charge on any atom is -0.476 e. The van der Waals surface area contributed by atoms with Crippen molar-refractivity contribution in [1.29, 1.82) is 0 Å². The molecule has 0 fully saturated rings. The summed E-state index contributed by atoms with van der Waals surface area (Å²) in [5.74, 6) is -1.07. The van der Waals surface area contributed by atoms with E-state index in [0.29, 0.717) is 6.61 Å². The number of carboxylic acids is 1. The van der Waals surface area contributed by atoms with Crippen LogP contribution in [0.15, 0.2) is 10.7 Å². The number of nitrogens with zero attached hydrogens (tertiary/aromatic N) is 2. The van der Waals surface area contributed by atoms with E-state index in [1.54, 1.807) is 20.8 Å². The molecule has 8 heteroatoms. The van der Waals surface area contributed by atoms with Crippen LogP contribution in [0.4, 0.5) is 4.79 Å². The predicted octanol–water partition coefficient (Wildman–Crippen LogP) is 1.76. The van der Waals surface area contributed by atoms with Crippen molar-refractivity contribution >= 4 is 12.1 Å². The second kappa shape index (κ2) is 7.07. The Labute approximate surface area is 122 Å². The molecule has 1 heterocycles. The molecular formula is C13H20N2O6. The summed E-state index contributed by atoms with van der Waals surface area (Å²) in [6, 6.07) is 0. The van der Waals surface area contributed by atoms with Crippen LogP contribution in [-0.4, -0.2) is 52.9 Å². The molecule has 1 aromatic rings. The number of carbonyl (C=O) groups is 2. The second-order valence-corrected chi connectivity index (χ2v) is 5.33. The van der Waals surface area contributed by atoms with Gasteiger partial charge < -0.3 is 19.0 Å². The summed E-state index contributed by atoms with van der Waals surface area (Å²) in [5.41, 5.74) is -0.841. The number of rotatable bonds is 6. The average molecular weight is 300 g/mol. The standard InChI is InChI=1S/C13H20N2O6/c1-13(2,3)21-12(18)15(5-6-19-4)7-10-14-9(8-20-10)11(16)17/h8H,5-7H2,1-4H3,(H,16,17). The quantitative estimate of drug-likeness (QED) is 0.853. The lowest BCUT2D eigenvalue weighted by molar-refractivity contribution is 0.0167. The van der Waals surface area contributed by atoms with Gasteiger partial charge in [0.25, 0.3) is 0 Å². The Kier molecular flexibility index (Phi) is 5.71. The molecule has 21 heavy (non-hydrogen) atoms. The monoisotopic (exact) mass is 300 g/mol. The zero-order chi connectivity index (χ0) is 16.0. The van der Waals surface area contributed by atoms with Gasteiger partial charge in [-0.1, -0.05) is 0 Å². The fourth-order valence-corrected chi connectivity index (χ4v) is 1.41. The van der Waals surface area contributed by atoms with Gasteiger partial charge in [0.2, 0.25) is 5.89 Å². The molecule has 0 aliphatic carbocycles. The van der Waals surface area contributed by atoms with E-state index < -0.39 is 17.7 Å². The maximum atomic E-state index is 12.1. The van der Waals surface area contributed by atoms with E-state index in [-0.39, 0.29) is 24.7 Å². The molecule has 0 aliphatic heterocycles. The molecular weight excluding hydrogens is 280 g/mol. The number of methoxy groups -OCH3 is 1. The SMILES string of the molecule is COCCN(Cc1nc(C(=O)O)co1)C(=O)OC(C)(C)C. The van der Waals surface area contributed by atoms with Crippen LogP contribution in [0.3, 0.4) is 0 Å². The molecule has 0 spiro atoms. The Morgan fingerprint density at radius 2 is 2.10 bits per heavy atom. The van der Waals surface area contributed by atoms with Crippen LogP contribution in [0.2, 0.25) is 0 Å². The first-order chi connectivity index (χ1) is 9.73. The lowest BCUT2D eigenvalue weighted by atomic mass is 10.2. The highest BCUT2D eigenvalue weighted by Gasteiger charge is 2.24. The van der Waals surface area contributed by atoms with Crippen molar-refractivity contribution in [2.45, 2.75) is 32.9 Å². The highest BCUT2D eigenvalue weighted by atomic mass is 16.6. The van der Waals surface area contributed by atoms with Crippen LogP contribution in [0.1, 0.15) is 37.2 Å². The number of hydrogen-bond acceptors (Lipinski definition) is 6. The molecule has 1 aromatic heterocycles. The summed E-state index contributed by atoms with van der Waals surface area (Å²) < 4.78 is 15.2. The van der Waals surface area contributed by atoms with Gasteiger partial charge in [0.05, 0.1) is 6.61 Å². The fraction of sp³-hybridized carbons (Fsp3) is 0.615. The van der Waals surface area contributed by atoms with Crippen molar-refractivity contribution in [2.24, 2.45) is 0 Å². The van der Waals surface area contributed by atoms with Gasteiger partial charge in [-0.2, -0.15) is 0 Å². The minimum atomic E-state index is -1.19. The molecule has 0 bridgehead atoms. The van der Waals surface area contributed by atoms with E-state index >= 15 is 0 Å². The molecule has 0 aliphatic rings. The van der Waals surface area contributed by atoms with Crippen LogP contribution < -0.4 is 0 Å². The third-order valence-electron chi connectivity index (χ3n) is 2.31. The average Bonchev–Trinajstić information content (AvgIpc) is 2.80. The van der Waals surface area contributed by atoms with Crippen molar-refractivity contribution < 1.29 is 28.6 Å². The number of aromatic carboxylic acids is 1. The van der Waals surface area contributed by atoms with Gasteiger partial charge in [0, 0.05) is 13.7 Å². The van der Waals surface area contributed by atoms with Crippen molar-refractivity contribution in [3.63, 3.8) is 0 Å². The first-order valence-electron chi connectivity index (χ1n) is 6.37. The molecule has 0 radical (unpaired) electrons. The molecule has 0 saturated carbocycles. The largest absolute Gasteiger partial charge is 0.476 e. The highest BCUT2D eigenvalue weighted by molar-refractivity contribution is 5.84. The van der Waals surface area contributed by atoms with Crippen LogP contribution in [0.25, 0.3) is 0 Å². The molecule has 1 amide bonds. The minimum absolute atomic E-state index is 0.00551. The third kappa shape index (κ3) is 5.82. The van der Waals surface area contributed by atoms with Crippen molar-refractivity contribution in [3.8, 4) is 0 Å². The van der Waals surface area contributed by atoms with Gasteiger partial charge in [0.15, 0.2) is 5.69 Å². The Bertz CT molecular complexity index is 491. The van der Waals surface area contributed by atoms with Gasteiger partial charge in [0.1, 0.15) is 18.4 Å². The molecule has 1 rings (SSSR count). The van der Waals surface area contributed by atoms with E-state index in [2.05, 4.69) is 4.98 Å². The van der Waals surface area contributed by atoms with Gasteiger partial charge in [-0.15, -0.1) is 0 Å². The molecule has 0 aromatic carbocycles. The molecule has 118 valence electrons. The zero-order valence-electron chi connectivity index (χ0n) is 12.6. The highest BCUT2D eigenvalue weighted by Crippen LogP contribution is 2.12. The number of aromatic nitrogens is 1. The Balaban J connectivity index is 2.76. The smallest absolute Gasteiger partial charge is 0.410 e. The van der Waals surface area contributed by atoms with E-state index in [1.807, 2.05) is 0 Å². The maximum Gasteiger partial charge on any atom is 0.410 e. The topological polar surface area (TPSA) is 102 Å². The summed E-state index contributed by atoms with van der Waals surface area (Å²) in [5, 5.41) is 8.79. The molecule has 0 unspecified atom stereocenters. The first-order valence-corrected chi connectivity index (χ1v) is 6.37. The Morgan fingerprint density at radius 1 is 1.43 bits per heavy atom. The van der Waals surface area contributed by atoms with Gasteiger partial charge >= 0.3 is 12.1 Å². The van der Waals surface area contributed by atoms with Crippen LogP contribution in [0.5, 0.6) is 0 Å². The Hall–Kier alpha value is -2.09. The van der Waals surface area contributed by atoms with E-state index in [0.717, 1.165) is 6.26 Å². The third-order valence-corrected chi connectivity index (χ3v) is 2.31. The maximum absolute atomic E-state index is 12.1. The molecule has 8 nitrogen and oxygen atoms in total. The summed E-state index contributed by atoms with van der Waals surface area (Å²) >= 11 is 0. The molecule has 0 atom stereocenters. The Morgan fingerprint density at radius 3 is 2.57 bits per heavy atom. The van der Waals surface area contributed by atoms with Crippen LogP contribution in [-0.2, 0) is 16.0 Å². The number of amides is 1. The molecule has 0 saturated heterocycles. The van der Waals surface area contributed by atoms with Gasteiger partial charge in [-0.3, -0.25) is 4.90 Å². The molecule has 1 N–H and O–H groups in total. The van der Waals surface area contributed by atoms with Crippen LogP contribution in [0, 0.1) is 0 Å². The number of ether oxygens (including phenoxy) is 2. The van der Waals surface area contributed by atoms with Gasteiger partial charge in [-0.05, 0) is 20.8 Å². The van der Waals surface area contributed by atoms with Crippen molar-refractivity contribution in [1.82, 2.24) is 9.88 Å². The summed E-state index contributed by atoms with van der Waals surface area (Å²) in [4.78, 5) is 27.9. The number of hydrogen-bond donors (Lipinski definition) is 1. The summed E-state index contributed by atoms with van der Waals surface area (Å²) in [6.07, 6.45) is 0.482. The zero-order valence-corrected chi connectivity index (χ0v) is 12.6. The van der Waals surface area contributed by atoms with E-state index in [1.165, 1.54) is 12.0 Å². The fourth-order valence-electron chi connectivity index (χ4n) is 1.41. The lowest BCUT2D eigenvalue weighted by Gasteiger charge is -2.26. The second-order valence-electron chi connectivity index (χ2n) is 5.33. The van der Waals surface area contributed by atoms with Crippen molar-refractivity contribution in [2.75, 3.05) is 20.3 Å². The number of carbonyl (C=O) groups excluding carboxylic acids is 1. The lowest BCUT2D eigenvalue weighted by Crippen LogP contribution is -2.38. The van der Waals surface area contributed by atoms with E-state index in [4.69, 9.17) is 19.0 Å². The van der Waals surface area contributed by atoms with Crippen LogP contribution >= 0.6 is 0 Å². The first kappa shape index (κ1) is 17.0. The summed E-state index contributed by atoms with van der Waals surface area (Å²) in [6.45, 7) is 5.86. The van der Waals surface area contributed by atoms with Gasteiger partial charge in [-0.25, -0.2) is 14.6 Å². The predicted molar refractivity (Wildman–Crippen MR) is 72.0 cm³/mol. The normalized spacial score (nSPS) is 11.2. The van der Waals surface area contributed by atoms with E-state index in [9.17, 15) is 9.59 Å². The van der Waals surface area contributed by atoms with Crippen molar-refractivity contribution in [3.05, 3.63) is 17.8 Å². The summed E-state index contributed by atoms with van der Waals surface area (Å²) in [7, 11) is 1.51. The number of carboxylic acid groups (broad SMARTS) is 1. The number of oxazole rings is 1.